The Balaban J connectivity index is 1.21. The van der Waals surface area contributed by atoms with Gasteiger partial charge in [0.1, 0.15) is 18.0 Å². The number of rotatable bonds is 6. The fourth-order valence-corrected chi connectivity index (χ4v) is 5.73. The van der Waals surface area contributed by atoms with Crippen molar-refractivity contribution in [1.82, 2.24) is 14.3 Å². The van der Waals surface area contributed by atoms with Crippen LogP contribution in [-0.4, -0.2) is 81.1 Å². The van der Waals surface area contributed by atoms with Gasteiger partial charge in [0.25, 0.3) is 5.91 Å². The SMILES string of the molecule is O=C(Nc1cc(N2CCN(c3ccccc3)CC2)ncn1)c1ccc(S(=O)(=O)N2CCOCC2)cc1. The van der Waals surface area contributed by atoms with E-state index in [1.165, 1.54) is 40.6 Å². The topological polar surface area (TPSA) is 108 Å². The predicted molar refractivity (Wildman–Crippen MR) is 137 cm³/mol. The van der Waals surface area contributed by atoms with E-state index in [2.05, 4.69) is 37.2 Å². The zero-order chi connectivity index (χ0) is 25.0. The first-order chi connectivity index (χ1) is 17.5. The minimum Gasteiger partial charge on any atom is -0.379 e. The van der Waals surface area contributed by atoms with E-state index in [9.17, 15) is 13.2 Å². The summed E-state index contributed by atoms with van der Waals surface area (Å²) < 4.78 is 32.2. The summed E-state index contributed by atoms with van der Waals surface area (Å²) in [4.78, 5) is 26.0. The molecule has 1 amide bonds. The van der Waals surface area contributed by atoms with Gasteiger partial charge in [0.2, 0.25) is 10.0 Å². The number of carbonyl (C=O) groups excluding carboxylic acids is 1. The molecular weight excluding hydrogens is 480 g/mol. The Morgan fingerprint density at radius 1 is 0.833 bits per heavy atom. The number of aromatic nitrogens is 2. The summed E-state index contributed by atoms with van der Waals surface area (Å²) in [5, 5.41) is 2.79. The van der Waals surface area contributed by atoms with Gasteiger partial charge in [-0.1, -0.05) is 18.2 Å². The van der Waals surface area contributed by atoms with Crippen LogP contribution in [-0.2, 0) is 14.8 Å². The molecule has 1 aromatic heterocycles. The lowest BCUT2D eigenvalue weighted by Crippen LogP contribution is -2.46. The Bertz CT molecular complexity index is 1290. The highest BCUT2D eigenvalue weighted by molar-refractivity contribution is 7.89. The number of nitrogens with zero attached hydrogens (tertiary/aromatic N) is 5. The van der Waals surface area contributed by atoms with Gasteiger partial charge >= 0.3 is 0 Å². The largest absolute Gasteiger partial charge is 0.379 e. The molecule has 2 aliphatic rings. The van der Waals surface area contributed by atoms with Crippen molar-refractivity contribution in [3.05, 3.63) is 72.6 Å². The summed E-state index contributed by atoms with van der Waals surface area (Å²) in [6.07, 6.45) is 1.44. The Kier molecular flexibility index (Phi) is 7.12. The van der Waals surface area contributed by atoms with Crippen molar-refractivity contribution in [3.63, 3.8) is 0 Å². The Morgan fingerprint density at radius 3 is 2.19 bits per heavy atom. The Hall–Kier alpha value is -3.54. The molecular formula is C25H28N6O4S. The van der Waals surface area contributed by atoms with Crippen LogP contribution in [0, 0.1) is 0 Å². The number of anilines is 3. The molecule has 36 heavy (non-hydrogen) atoms. The fourth-order valence-electron chi connectivity index (χ4n) is 4.32. The number of piperazine rings is 1. The van der Waals surface area contributed by atoms with Gasteiger partial charge in [-0.15, -0.1) is 0 Å². The van der Waals surface area contributed by atoms with Gasteiger partial charge < -0.3 is 19.9 Å². The maximum absolute atomic E-state index is 12.8. The van der Waals surface area contributed by atoms with Crippen molar-refractivity contribution < 1.29 is 17.9 Å². The number of sulfonamides is 1. The molecule has 5 rings (SSSR count). The number of para-hydroxylation sites is 1. The van der Waals surface area contributed by atoms with Crippen LogP contribution in [0.25, 0.3) is 0 Å². The molecule has 0 spiro atoms. The number of amides is 1. The van der Waals surface area contributed by atoms with Crippen LogP contribution in [0.5, 0.6) is 0 Å². The summed E-state index contributed by atoms with van der Waals surface area (Å²) in [5.74, 6) is 0.768. The Labute approximate surface area is 210 Å². The standard InChI is InChI=1S/C25H28N6O4S/c32-25(20-6-8-22(9-7-20)36(33,34)31-14-16-35-17-15-31)28-23-18-24(27-19-26-23)30-12-10-29(11-13-30)21-4-2-1-3-5-21/h1-9,18-19H,10-17H2,(H,26,27,28,32). The average molecular weight is 509 g/mol. The summed E-state index contributed by atoms with van der Waals surface area (Å²) in [6, 6.07) is 18.0. The van der Waals surface area contributed by atoms with E-state index in [0.717, 1.165) is 32.0 Å². The molecule has 1 N–H and O–H groups in total. The second kappa shape index (κ2) is 10.6. The fraction of sp³-hybridized carbons (Fsp3) is 0.320. The van der Waals surface area contributed by atoms with Gasteiger partial charge in [-0.05, 0) is 36.4 Å². The van der Waals surface area contributed by atoms with Gasteiger partial charge in [0.15, 0.2) is 0 Å². The molecule has 3 heterocycles. The lowest BCUT2D eigenvalue weighted by molar-refractivity contribution is 0.0730. The first-order valence-electron chi connectivity index (χ1n) is 11.9. The molecule has 2 fully saturated rings. The smallest absolute Gasteiger partial charge is 0.256 e. The van der Waals surface area contributed by atoms with E-state index in [4.69, 9.17) is 4.74 Å². The number of morpholine rings is 1. The molecule has 11 heteroatoms. The summed E-state index contributed by atoms with van der Waals surface area (Å²) in [5.41, 5.74) is 1.55. The van der Waals surface area contributed by atoms with Crippen molar-refractivity contribution in [2.75, 3.05) is 67.6 Å². The van der Waals surface area contributed by atoms with Crippen LogP contribution >= 0.6 is 0 Å². The van der Waals surface area contributed by atoms with Crippen molar-refractivity contribution in [2.24, 2.45) is 0 Å². The van der Waals surface area contributed by atoms with Crippen LogP contribution in [0.15, 0.2) is 71.9 Å². The van der Waals surface area contributed by atoms with E-state index < -0.39 is 10.0 Å². The first kappa shape index (κ1) is 24.2. The zero-order valence-electron chi connectivity index (χ0n) is 19.8. The summed E-state index contributed by atoms with van der Waals surface area (Å²) in [7, 11) is -3.61. The average Bonchev–Trinajstić information content (AvgIpc) is 2.94. The number of ether oxygens (including phenoxy) is 1. The third-order valence-corrected chi connectivity index (χ3v) is 8.26. The van der Waals surface area contributed by atoms with Crippen LogP contribution < -0.4 is 15.1 Å². The van der Waals surface area contributed by atoms with Crippen molar-refractivity contribution >= 4 is 33.3 Å². The van der Waals surface area contributed by atoms with Crippen LogP contribution in [0.1, 0.15) is 10.4 Å². The number of nitrogens with one attached hydrogen (secondary N) is 1. The summed E-state index contributed by atoms with van der Waals surface area (Å²) in [6.45, 7) is 4.75. The number of benzene rings is 2. The van der Waals surface area contributed by atoms with Gasteiger partial charge in [0, 0.05) is 56.6 Å². The highest BCUT2D eigenvalue weighted by Gasteiger charge is 2.26. The van der Waals surface area contributed by atoms with Gasteiger partial charge in [0.05, 0.1) is 18.1 Å². The third kappa shape index (κ3) is 5.32. The lowest BCUT2D eigenvalue weighted by atomic mass is 10.2. The monoisotopic (exact) mass is 508 g/mol. The predicted octanol–water partition coefficient (Wildman–Crippen LogP) is 2.08. The van der Waals surface area contributed by atoms with E-state index in [-0.39, 0.29) is 10.8 Å². The van der Waals surface area contributed by atoms with E-state index in [1.807, 2.05) is 18.2 Å². The molecule has 0 atom stereocenters. The highest BCUT2D eigenvalue weighted by atomic mass is 32.2. The molecule has 0 bridgehead atoms. The number of hydrogen-bond acceptors (Lipinski definition) is 8. The Morgan fingerprint density at radius 2 is 1.50 bits per heavy atom. The maximum Gasteiger partial charge on any atom is 0.256 e. The second-order valence-electron chi connectivity index (χ2n) is 8.57. The number of carbonyl (C=O) groups is 1. The molecule has 3 aromatic rings. The first-order valence-corrected chi connectivity index (χ1v) is 13.3. The second-order valence-corrected chi connectivity index (χ2v) is 10.5. The van der Waals surface area contributed by atoms with Crippen molar-refractivity contribution in [1.29, 1.82) is 0 Å². The molecule has 188 valence electrons. The summed E-state index contributed by atoms with van der Waals surface area (Å²) >= 11 is 0. The van der Waals surface area contributed by atoms with Gasteiger partial charge in [-0.3, -0.25) is 4.79 Å². The van der Waals surface area contributed by atoms with E-state index in [1.54, 1.807) is 6.07 Å². The zero-order valence-corrected chi connectivity index (χ0v) is 20.6. The minimum absolute atomic E-state index is 0.153. The van der Waals surface area contributed by atoms with Crippen LogP contribution in [0.2, 0.25) is 0 Å². The van der Waals surface area contributed by atoms with Crippen LogP contribution in [0.4, 0.5) is 17.3 Å². The van der Waals surface area contributed by atoms with Crippen molar-refractivity contribution in [2.45, 2.75) is 4.90 Å². The molecule has 2 aromatic carbocycles. The molecule has 0 saturated carbocycles. The molecule has 0 unspecified atom stereocenters. The molecule has 10 nitrogen and oxygen atoms in total. The normalized spacial score (nSPS) is 17.1. The van der Waals surface area contributed by atoms with Gasteiger partial charge in [-0.25, -0.2) is 18.4 Å². The minimum atomic E-state index is -3.61. The maximum atomic E-state index is 12.8. The van der Waals surface area contributed by atoms with Gasteiger partial charge in [-0.2, -0.15) is 4.31 Å². The van der Waals surface area contributed by atoms with Crippen LogP contribution in [0.3, 0.4) is 0 Å². The van der Waals surface area contributed by atoms with E-state index >= 15 is 0 Å². The highest BCUT2D eigenvalue weighted by Crippen LogP contribution is 2.21. The number of hydrogen-bond donors (Lipinski definition) is 1. The molecule has 0 aliphatic carbocycles. The molecule has 2 aliphatic heterocycles. The van der Waals surface area contributed by atoms with Crippen molar-refractivity contribution in [3.8, 4) is 0 Å². The van der Waals surface area contributed by atoms with E-state index in [0.29, 0.717) is 37.7 Å². The molecule has 2 saturated heterocycles. The molecule has 0 radical (unpaired) electrons. The quantitative estimate of drug-likeness (QED) is 0.539. The third-order valence-electron chi connectivity index (χ3n) is 6.34. The lowest BCUT2D eigenvalue weighted by Gasteiger charge is -2.36.